The van der Waals surface area contributed by atoms with Crippen molar-refractivity contribution in [3.05, 3.63) is 58.9 Å². The second kappa shape index (κ2) is 8.60. The number of benzene rings is 2. The molecule has 0 atom stereocenters. The topological polar surface area (TPSA) is 77.9 Å². The fourth-order valence-corrected chi connectivity index (χ4v) is 6.03. The summed E-state index contributed by atoms with van der Waals surface area (Å²) in [7, 11) is -4.00. The van der Waals surface area contributed by atoms with Crippen molar-refractivity contribution in [2.45, 2.75) is 43.8 Å². The van der Waals surface area contributed by atoms with Gasteiger partial charge in [-0.25, -0.2) is 12.8 Å². The number of halogens is 4. The first-order chi connectivity index (χ1) is 15.1. The molecule has 2 aromatic rings. The van der Waals surface area contributed by atoms with Crippen molar-refractivity contribution in [2.24, 2.45) is 0 Å². The van der Waals surface area contributed by atoms with Crippen LogP contribution in [0.15, 0.2) is 41.3 Å². The molecule has 1 aliphatic rings. The van der Waals surface area contributed by atoms with E-state index in [1.54, 1.807) is 31.7 Å². The molecule has 0 spiro atoms. The molecule has 3 rings (SSSR count). The van der Waals surface area contributed by atoms with Gasteiger partial charge in [0.2, 0.25) is 10.0 Å². The number of piperazine rings is 1. The maximum absolute atomic E-state index is 14.1. The van der Waals surface area contributed by atoms with E-state index >= 15 is 0 Å². The molecule has 0 unspecified atom stereocenters. The van der Waals surface area contributed by atoms with E-state index in [0.29, 0.717) is 17.2 Å². The van der Waals surface area contributed by atoms with Crippen molar-refractivity contribution in [3.63, 3.8) is 0 Å². The van der Waals surface area contributed by atoms with Crippen molar-refractivity contribution in [1.82, 2.24) is 4.31 Å². The molecule has 0 radical (unpaired) electrons. The van der Waals surface area contributed by atoms with Gasteiger partial charge < -0.3 is 10.0 Å². The number of rotatable bonds is 5. The molecule has 0 bridgehead atoms. The number of carboxylic acids is 1. The summed E-state index contributed by atoms with van der Waals surface area (Å²) < 4.78 is 80.8. The van der Waals surface area contributed by atoms with E-state index in [9.17, 15) is 30.8 Å². The summed E-state index contributed by atoms with van der Waals surface area (Å²) in [4.78, 5) is 12.7. The van der Waals surface area contributed by atoms with Gasteiger partial charge in [-0.2, -0.15) is 17.5 Å². The number of sulfonamides is 1. The van der Waals surface area contributed by atoms with Crippen LogP contribution in [0.2, 0.25) is 0 Å². The molecule has 1 saturated heterocycles. The van der Waals surface area contributed by atoms with Crippen LogP contribution in [0.1, 0.15) is 30.5 Å². The second-order valence-electron chi connectivity index (χ2n) is 8.70. The largest absolute Gasteiger partial charge is 0.481 e. The molecule has 0 amide bonds. The number of nitrogens with zero attached hydrogens (tertiary/aromatic N) is 2. The van der Waals surface area contributed by atoms with Crippen molar-refractivity contribution in [3.8, 4) is 0 Å². The zero-order valence-electron chi connectivity index (χ0n) is 18.3. The van der Waals surface area contributed by atoms with E-state index in [-0.39, 0.29) is 36.6 Å². The Bertz CT molecular complexity index is 1180. The molecule has 33 heavy (non-hydrogen) atoms. The highest BCUT2D eigenvalue weighted by Crippen LogP contribution is 2.35. The minimum absolute atomic E-state index is 0.0141. The number of carbonyl (C=O) groups is 1. The number of hydrogen-bond donors (Lipinski definition) is 1. The fraction of sp³-hybridized carbons (Fsp3) is 0.409. The molecular weight excluding hydrogens is 464 g/mol. The first-order valence-electron chi connectivity index (χ1n) is 10.1. The highest BCUT2D eigenvalue weighted by atomic mass is 32.2. The maximum Gasteiger partial charge on any atom is 0.419 e. The lowest BCUT2D eigenvalue weighted by atomic mass is 10.0. The molecule has 11 heteroatoms. The molecule has 0 aliphatic carbocycles. The summed E-state index contributed by atoms with van der Waals surface area (Å²) in [6.45, 7) is 5.29. The van der Waals surface area contributed by atoms with Gasteiger partial charge in [-0.3, -0.25) is 4.79 Å². The average molecular weight is 489 g/mol. The molecule has 1 fully saturated rings. The van der Waals surface area contributed by atoms with Gasteiger partial charge in [0, 0.05) is 30.9 Å². The molecule has 0 saturated carbocycles. The van der Waals surface area contributed by atoms with Gasteiger partial charge in [0.1, 0.15) is 5.82 Å². The summed E-state index contributed by atoms with van der Waals surface area (Å²) in [6.07, 6.45) is -5.12. The molecule has 1 heterocycles. The van der Waals surface area contributed by atoms with Crippen molar-refractivity contribution < 1.29 is 35.9 Å². The van der Waals surface area contributed by atoms with Gasteiger partial charge in [0.15, 0.2) is 0 Å². The van der Waals surface area contributed by atoms with Gasteiger partial charge >= 0.3 is 12.1 Å². The highest BCUT2D eigenvalue weighted by molar-refractivity contribution is 7.89. The first kappa shape index (κ1) is 25.0. The van der Waals surface area contributed by atoms with E-state index in [1.807, 2.05) is 0 Å². The smallest absolute Gasteiger partial charge is 0.419 e. The lowest BCUT2D eigenvalue weighted by Gasteiger charge is -2.47. The Morgan fingerprint density at radius 2 is 1.79 bits per heavy atom. The van der Waals surface area contributed by atoms with E-state index in [4.69, 9.17) is 5.11 Å². The summed E-state index contributed by atoms with van der Waals surface area (Å²) >= 11 is 0. The molecule has 180 valence electrons. The predicted molar refractivity (Wildman–Crippen MR) is 114 cm³/mol. The Morgan fingerprint density at radius 3 is 2.33 bits per heavy atom. The van der Waals surface area contributed by atoms with Crippen molar-refractivity contribution in [1.29, 1.82) is 0 Å². The normalized spacial score (nSPS) is 17.2. The van der Waals surface area contributed by atoms with Crippen LogP contribution in [0.25, 0.3) is 0 Å². The number of carboxylic acid groups (broad SMARTS) is 1. The average Bonchev–Trinajstić information content (AvgIpc) is 2.64. The number of anilines is 1. The Balaban J connectivity index is 1.88. The summed E-state index contributed by atoms with van der Waals surface area (Å²) in [5.41, 5.74) is -1.15. The highest BCUT2D eigenvalue weighted by Gasteiger charge is 2.42. The van der Waals surface area contributed by atoms with Crippen LogP contribution >= 0.6 is 0 Å². The third kappa shape index (κ3) is 5.30. The number of aliphatic carboxylic acids is 1. The first-order valence-corrected chi connectivity index (χ1v) is 11.5. The van der Waals surface area contributed by atoms with Gasteiger partial charge in [-0.05, 0) is 62.2 Å². The lowest BCUT2D eigenvalue weighted by molar-refractivity contribution is -0.140. The van der Waals surface area contributed by atoms with E-state index < -0.39 is 39.1 Å². The van der Waals surface area contributed by atoms with Crippen LogP contribution in [0, 0.1) is 12.7 Å². The SMILES string of the molecule is Cc1cc(CC(=O)O)cc(S(=O)(=O)N2CCN(c3ccc(C(F)(F)F)c(F)c3)CC2(C)C)c1. The Hall–Kier alpha value is -2.66. The second-order valence-corrected chi connectivity index (χ2v) is 10.6. The van der Waals surface area contributed by atoms with E-state index in [2.05, 4.69) is 0 Å². The Morgan fingerprint density at radius 1 is 1.12 bits per heavy atom. The Kier molecular flexibility index (Phi) is 6.51. The standard InChI is InChI=1S/C22H24F4N2O4S/c1-14-8-15(11-20(29)30)10-17(9-14)33(31,32)28-7-6-27(13-21(28,2)3)16-4-5-18(19(23)12-16)22(24,25)26/h4-5,8-10,12H,6-7,11,13H2,1-3H3,(H,29,30). The lowest BCUT2D eigenvalue weighted by Crippen LogP contribution is -2.61. The third-order valence-electron chi connectivity index (χ3n) is 5.50. The van der Waals surface area contributed by atoms with E-state index in [1.165, 1.54) is 22.5 Å². The van der Waals surface area contributed by atoms with Crippen LogP contribution in [0.3, 0.4) is 0 Å². The van der Waals surface area contributed by atoms with Gasteiger partial charge in [-0.1, -0.05) is 6.07 Å². The van der Waals surface area contributed by atoms with Crippen molar-refractivity contribution in [2.75, 3.05) is 24.5 Å². The number of aryl methyl sites for hydroxylation is 1. The summed E-state index contributed by atoms with van der Waals surface area (Å²) in [5, 5.41) is 9.05. The quantitative estimate of drug-likeness (QED) is 0.642. The monoisotopic (exact) mass is 488 g/mol. The third-order valence-corrected chi connectivity index (χ3v) is 7.59. The van der Waals surface area contributed by atoms with Crippen LogP contribution in [0.4, 0.5) is 23.2 Å². The fourth-order valence-electron chi connectivity index (χ4n) is 4.11. The number of alkyl halides is 3. The minimum atomic E-state index is -4.80. The minimum Gasteiger partial charge on any atom is -0.481 e. The van der Waals surface area contributed by atoms with Gasteiger partial charge in [0.25, 0.3) is 0 Å². The van der Waals surface area contributed by atoms with Crippen LogP contribution in [0.5, 0.6) is 0 Å². The van der Waals surface area contributed by atoms with Crippen molar-refractivity contribution >= 4 is 21.7 Å². The molecule has 1 N–H and O–H groups in total. The zero-order valence-corrected chi connectivity index (χ0v) is 19.1. The number of hydrogen-bond acceptors (Lipinski definition) is 4. The molecule has 6 nitrogen and oxygen atoms in total. The van der Waals surface area contributed by atoms with Crippen LogP contribution in [-0.4, -0.2) is 49.0 Å². The zero-order chi connectivity index (χ0) is 24.8. The molecule has 0 aromatic heterocycles. The predicted octanol–water partition coefficient (Wildman–Crippen LogP) is 4.07. The van der Waals surface area contributed by atoms with Gasteiger partial charge in [-0.15, -0.1) is 0 Å². The van der Waals surface area contributed by atoms with Crippen LogP contribution in [-0.2, 0) is 27.4 Å². The van der Waals surface area contributed by atoms with E-state index in [0.717, 1.165) is 6.07 Å². The summed E-state index contributed by atoms with van der Waals surface area (Å²) in [5.74, 6) is -2.47. The molecule has 1 aliphatic heterocycles. The Labute approximate surface area is 189 Å². The van der Waals surface area contributed by atoms with Crippen LogP contribution < -0.4 is 4.90 Å². The molecule has 2 aromatic carbocycles. The summed E-state index contributed by atoms with van der Waals surface area (Å²) in [6, 6.07) is 7.07. The van der Waals surface area contributed by atoms with Gasteiger partial charge in [0.05, 0.1) is 16.9 Å². The maximum atomic E-state index is 14.1. The molecular formula is C22H24F4N2O4S.